The van der Waals surface area contributed by atoms with Gasteiger partial charge in [-0.15, -0.1) is 0 Å². The summed E-state index contributed by atoms with van der Waals surface area (Å²) in [6.07, 6.45) is 1.50. The van der Waals surface area contributed by atoms with Gasteiger partial charge in [0.15, 0.2) is 0 Å². The topological polar surface area (TPSA) is 72.2 Å². The molecule has 0 aromatic heterocycles. The molecule has 3 N–H and O–H groups in total. The van der Waals surface area contributed by atoms with Crippen LogP contribution in [0, 0.1) is 11.6 Å². The molecule has 7 heteroatoms. The number of halogens is 2. The minimum Gasteiger partial charge on any atom is -0.327 e. The maximum atomic E-state index is 12.9. The van der Waals surface area contributed by atoms with Crippen LogP contribution in [0.1, 0.15) is 19.8 Å². The summed E-state index contributed by atoms with van der Waals surface area (Å²) in [5.74, 6) is -1.87. The van der Waals surface area contributed by atoms with Crippen LogP contribution in [0.25, 0.3) is 0 Å². The van der Waals surface area contributed by atoms with Crippen molar-refractivity contribution in [1.29, 1.82) is 0 Å². The summed E-state index contributed by atoms with van der Waals surface area (Å²) >= 11 is 0. The molecule has 1 aromatic carbocycles. The number of hydrogen-bond acceptors (Lipinski definition) is 3. The van der Waals surface area contributed by atoms with Crippen LogP contribution in [0.3, 0.4) is 0 Å². The molecule has 0 radical (unpaired) electrons. The van der Waals surface area contributed by atoms with Gasteiger partial charge in [0, 0.05) is 18.7 Å². The summed E-state index contributed by atoms with van der Waals surface area (Å²) in [5, 5.41) is 0. The van der Waals surface area contributed by atoms with E-state index >= 15 is 0 Å². The highest BCUT2D eigenvalue weighted by Gasteiger charge is 2.17. The number of benzene rings is 1. The van der Waals surface area contributed by atoms with E-state index in [1.807, 2.05) is 6.92 Å². The first-order chi connectivity index (χ1) is 8.35. The lowest BCUT2D eigenvalue weighted by molar-refractivity contribution is 0.545. The monoisotopic (exact) mass is 278 g/mol. The summed E-state index contributed by atoms with van der Waals surface area (Å²) in [6, 6.07) is 1.82. The van der Waals surface area contributed by atoms with Crippen LogP contribution in [-0.2, 0) is 10.0 Å². The van der Waals surface area contributed by atoms with Crippen molar-refractivity contribution in [3.8, 4) is 0 Å². The van der Waals surface area contributed by atoms with Crippen LogP contribution in [0.2, 0.25) is 0 Å². The molecule has 1 rings (SSSR count). The Morgan fingerprint density at radius 2 is 1.83 bits per heavy atom. The summed E-state index contributed by atoms with van der Waals surface area (Å²) in [4.78, 5) is -0.441. The van der Waals surface area contributed by atoms with Crippen molar-refractivity contribution in [2.75, 3.05) is 6.54 Å². The van der Waals surface area contributed by atoms with E-state index in [-0.39, 0.29) is 12.6 Å². The van der Waals surface area contributed by atoms with Crippen molar-refractivity contribution < 1.29 is 17.2 Å². The summed E-state index contributed by atoms with van der Waals surface area (Å²) in [7, 11) is -3.93. The van der Waals surface area contributed by atoms with E-state index in [1.54, 1.807) is 0 Å². The molecule has 0 fully saturated rings. The van der Waals surface area contributed by atoms with Crippen molar-refractivity contribution in [2.24, 2.45) is 5.73 Å². The van der Waals surface area contributed by atoms with Crippen molar-refractivity contribution >= 4 is 10.0 Å². The van der Waals surface area contributed by atoms with Gasteiger partial charge in [0.2, 0.25) is 10.0 Å². The van der Waals surface area contributed by atoms with E-state index in [1.165, 1.54) is 0 Å². The zero-order valence-electron chi connectivity index (χ0n) is 9.99. The number of nitrogens with two attached hydrogens (primary N) is 1. The lowest BCUT2D eigenvalue weighted by Crippen LogP contribution is -2.37. The highest BCUT2D eigenvalue weighted by atomic mass is 32.2. The van der Waals surface area contributed by atoms with E-state index in [2.05, 4.69) is 4.72 Å². The van der Waals surface area contributed by atoms with Gasteiger partial charge in [0.1, 0.15) is 11.6 Å². The smallest absolute Gasteiger partial charge is 0.240 e. The molecule has 1 unspecified atom stereocenters. The normalized spacial score (nSPS) is 13.6. The third-order valence-electron chi connectivity index (χ3n) is 2.34. The molecule has 18 heavy (non-hydrogen) atoms. The second-order valence-electron chi connectivity index (χ2n) is 4.01. The van der Waals surface area contributed by atoms with E-state index in [0.29, 0.717) is 12.5 Å². The van der Waals surface area contributed by atoms with Gasteiger partial charge in [-0.2, -0.15) is 0 Å². The molecule has 1 atom stereocenters. The van der Waals surface area contributed by atoms with Crippen molar-refractivity contribution in [1.82, 2.24) is 4.72 Å². The Kier molecular flexibility index (Phi) is 5.18. The van der Waals surface area contributed by atoms with Crippen LogP contribution in [0.4, 0.5) is 8.78 Å². The zero-order chi connectivity index (χ0) is 13.8. The van der Waals surface area contributed by atoms with E-state index in [9.17, 15) is 17.2 Å². The number of hydrogen-bond donors (Lipinski definition) is 2. The largest absolute Gasteiger partial charge is 0.327 e. The highest BCUT2D eigenvalue weighted by molar-refractivity contribution is 7.89. The van der Waals surface area contributed by atoms with Crippen LogP contribution in [-0.4, -0.2) is 21.0 Å². The zero-order valence-corrected chi connectivity index (χ0v) is 10.8. The first-order valence-electron chi connectivity index (χ1n) is 5.56. The number of rotatable bonds is 6. The predicted molar refractivity (Wildman–Crippen MR) is 64.4 cm³/mol. The second kappa shape index (κ2) is 6.21. The maximum absolute atomic E-state index is 12.9. The third-order valence-corrected chi connectivity index (χ3v) is 3.74. The van der Waals surface area contributed by atoms with Gasteiger partial charge in [-0.3, -0.25) is 0 Å². The Morgan fingerprint density at radius 1 is 1.28 bits per heavy atom. The Labute approximate surface area is 105 Å². The van der Waals surface area contributed by atoms with E-state index in [4.69, 9.17) is 5.73 Å². The molecule has 1 aromatic rings. The predicted octanol–water partition coefficient (Wildman–Crippen LogP) is 1.37. The third kappa shape index (κ3) is 4.32. The Balaban J connectivity index is 2.80. The molecule has 0 aliphatic rings. The molecular weight excluding hydrogens is 262 g/mol. The fourth-order valence-electron chi connectivity index (χ4n) is 1.46. The van der Waals surface area contributed by atoms with Gasteiger partial charge >= 0.3 is 0 Å². The molecule has 102 valence electrons. The molecule has 0 heterocycles. The Hall–Kier alpha value is -1.05. The SMILES string of the molecule is CCCC(N)CNS(=O)(=O)c1cc(F)cc(F)c1. The quantitative estimate of drug-likeness (QED) is 0.825. The molecule has 0 bridgehead atoms. The van der Waals surface area contributed by atoms with Crippen molar-refractivity contribution in [2.45, 2.75) is 30.7 Å². The van der Waals surface area contributed by atoms with Gasteiger partial charge in [0.25, 0.3) is 0 Å². The van der Waals surface area contributed by atoms with E-state index in [0.717, 1.165) is 18.6 Å². The van der Waals surface area contributed by atoms with Gasteiger partial charge in [-0.1, -0.05) is 13.3 Å². The van der Waals surface area contributed by atoms with Gasteiger partial charge in [-0.25, -0.2) is 21.9 Å². The molecule has 0 aliphatic carbocycles. The average molecular weight is 278 g/mol. The lowest BCUT2D eigenvalue weighted by atomic mass is 10.2. The van der Waals surface area contributed by atoms with E-state index < -0.39 is 26.6 Å². The molecule has 0 aliphatic heterocycles. The van der Waals surface area contributed by atoms with Crippen molar-refractivity contribution in [3.05, 3.63) is 29.8 Å². The number of sulfonamides is 1. The lowest BCUT2D eigenvalue weighted by Gasteiger charge is -2.12. The minimum absolute atomic E-state index is 0.0360. The first kappa shape index (κ1) is 15.0. The van der Waals surface area contributed by atoms with Crippen LogP contribution < -0.4 is 10.5 Å². The van der Waals surface area contributed by atoms with Gasteiger partial charge in [0.05, 0.1) is 4.90 Å². The minimum atomic E-state index is -3.93. The molecule has 0 saturated heterocycles. The van der Waals surface area contributed by atoms with Crippen molar-refractivity contribution in [3.63, 3.8) is 0 Å². The number of nitrogens with one attached hydrogen (secondary N) is 1. The second-order valence-corrected chi connectivity index (χ2v) is 5.77. The highest BCUT2D eigenvalue weighted by Crippen LogP contribution is 2.13. The molecule has 0 spiro atoms. The molecule has 0 saturated carbocycles. The van der Waals surface area contributed by atoms with Gasteiger partial charge in [-0.05, 0) is 18.6 Å². The Morgan fingerprint density at radius 3 is 2.33 bits per heavy atom. The summed E-state index contributed by atoms with van der Waals surface area (Å²) in [6.45, 7) is 1.96. The standard InChI is InChI=1S/C11H16F2N2O2S/c1-2-3-10(14)7-15-18(16,17)11-5-8(12)4-9(13)6-11/h4-6,10,15H,2-3,7,14H2,1H3. The van der Waals surface area contributed by atoms with Crippen LogP contribution >= 0.6 is 0 Å². The first-order valence-corrected chi connectivity index (χ1v) is 7.05. The summed E-state index contributed by atoms with van der Waals surface area (Å²) in [5.41, 5.74) is 5.65. The molecule has 0 amide bonds. The fourth-order valence-corrected chi connectivity index (χ4v) is 2.59. The van der Waals surface area contributed by atoms with Crippen LogP contribution in [0.15, 0.2) is 23.1 Å². The maximum Gasteiger partial charge on any atom is 0.240 e. The average Bonchev–Trinajstić information content (AvgIpc) is 2.26. The fraction of sp³-hybridized carbons (Fsp3) is 0.455. The molecule has 4 nitrogen and oxygen atoms in total. The summed E-state index contributed by atoms with van der Waals surface area (Å²) < 4.78 is 51.6. The van der Waals surface area contributed by atoms with Gasteiger partial charge < -0.3 is 5.73 Å². The van der Waals surface area contributed by atoms with Crippen LogP contribution in [0.5, 0.6) is 0 Å². The Bertz CT molecular complexity index is 486. The molecular formula is C11H16F2N2O2S.